The Hall–Kier alpha value is -5.90. The van der Waals surface area contributed by atoms with E-state index in [1.807, 2.05) is 42.5 Å². The fourth-order valence-electron chi connectivity index (χ4n) is 27.3. The molecule has 0 radical (unpaired) electrons. The third-order valence-corrected chi connectivity index (χ3v) is 32.7. The SMILES string of the molecule is CC(C)CCC[C@@]12CC[C@]3(C)C(=C1C[C@H](O)C2)CCc1cc(O)ccc13.CC[C@@]12CC[C@@]3(CCCC(C)C)C[C@@H](O)CC3=C1CCc1cc(O)ccc12.CC[C@]12CC[C@@]3(CCCC(C)C)C[C@@H](O)CC3=C1CCc1cc(O)ccc12.Cc1c(O)ccc2c1CCC1=C3C[C@@H](O)C[C@@]3(CCCC(C)C)CC[C@@]12Cc1ccccc1. The number of aromatic hydroxyl groups is 4. The predicted molar refractivity (Wildman–Crippen MR) is 464 cm³/mol. The molecule has 12 atom stereocenters. The first-order valence-corrected chi connectivity index (χ1v) is 46.0. The third kappa shape index (κ3) is 15.9. The second-order valence-corrected chi connectivity index (χ2v) is 41.1. The van der Waals surface area contributed by atoms with Crippen LogP contribution in [0.15, 0.2) is 142 Å². The van der Waals surface area contributed by atoms with E-state index in [4.69, 9.17) is 0 Å². The van der Waals surface area contributed by atoms with Crippen LogP contribution in [0.1, 0.15) is 350 Å². The lowest BCUT2D eigenvalue weighted by Crippen LogP contribution is -2.43. The highest BCUT2D eigenvalue weighted by atomic mass is 16.3. The highest BCUT2D eigenvalue weighted by Crippen LogP contribution is 2.68. The van der Waals surface area contributed by atoms with Crippen LogP contribution < -0.4 is 0 Å². The zero-order chi connectivity index (χ0) is 80.2. The van der Waals surface area contributed by atoms with Crippen molar-refractivity contribution in [2.75, 3.05) is 0 Å². The van der Waals surface area contributed by atoms with Crippen LogP contribution in [0.4, 0.5) is 0 Å². The van der Waals surface area contributed by atoms with Crippen LogP contribution in [0.2, 0.25) is 0 Å². The number of hydrogen-bond acceptors (Lipinski definition) is 8. The van der Waals surface area contributed by atoms with E-state index in [1.54, 1.807) is 44.6 Å². The van der Waals surface area contributed by atoms with Crippen molar-refractivity contribution in [1.29, 1.82) is 0 Å². The van der Waals surface area contributed by atoms with Crippen LogP contribution >= 0.6 is 0 Å². The molecule has 8 N–H and O–H groups in total. The Kier molecular flexibility index (Phi) is 24.8. The highest BCUT2D eigenvalue weighted by Gasteiger charge is 2.58. The number of aliphatic hydroxyl groups is 4. The van der Waals surface area contributed by atoms with E-state index < -0.39 is 0 Å². The van der Waals surface area contributed by atoms with Gasteiger partial charge in [-0.05, 0) is 349 Å². The van der Waals surface area contributed by atoms with Gasteiger partial charge in [0.1, 0.15) is 23.0 Å². The minimum absolute atomic E-state index is 0.00562. The number of phenolic OH excluding ortho intramolecular Hbond substituents is 4. The molecule has 5 aromatic rings. The lowest BCUT2D eigenvalue weighted by molar-refractivity contribution is 0.140. The van der Waals surface area contributed by atoms with Gasteiger partial charge >= 0.3 is 0 Å². The van der Waals surface area contributed by atoms with Crippen LogP contribution in [-0.2, 0) is 53.8 Å². The van der Waals surface area contributed by atoms with Gasteiger partial charge in [-0.15, -0.1) is 0 Å². The molecule has 4 saturated carbocycles. The van der Waals surface area contributed by atoms with Crippen molar-refractivity contribution < 1.29 is 40.9 Å². The van der Waals surface area contributed by atoms with Crippen LogP contribution in [0.5, 0.6) is 23.0 Å². The van der Waals surface area contributed by atoms with Crippen molar-refractivity contribution >= 4 is 0 Å². The van der Waals surface area contributed by atoms with Crippen LogP contribution in [0, 0.1) is 52.3 Å². The molecular weight excluding hydrogens is 1390 g/mol. The fourth-order valence-corrected chi connectivity index (χ4v) is 27.3. The summed E-state index contributed by atoms with van der Waals surface area (Å²) in [5.41, 5.74) is 28.0. The first kappa shape index (κ1) is 83.6. The van der Waals surface area contributed by atoms with Gasteiger partial charge in [0, 0.05) is 21.7 Å². The summed E-state index contributed by atoms with van der Waals surface area (Å²) in [6.45, 7) is 27.7. The van der Waals surface area contributed by atoms with E-state index in [0.717, 1.165) is 158 Å². The number of hydrogen-bond donors (Lipinski definition) is 8. The molecular formula is C105H146O8. The fraction of sp³-hybridized carbons (Fsp3) is 0.638. The highest BCUT2D eigenvalue weighted by molar-refractivity contribution is 5.59. The van der Waals surface area contributed by atoms with Gasteiger partial charge in [-0.3, -0.25) is 0 Å². The number of benzene rings is 5. The van der Waals surface area contributed by atoms with Gasteiger partial charge in [0.2, 0.25) is 0 Å². The number of allylic oxidation sites excluding steroid dienone is 4. The summed E-state index contributed by atoms with van der Waals surface area (Å²) in [7, 11) is 0. The summed E-state index contributed by atoms with van der Waals surface area (Å²) >= 11 is 0. The Morgan fingerprint density at radius 2 is 0.690 bits per heavy atom. The van der Waals surface area contributed by atoms with Crippen LogP contribution in [0.25, 0.3) is 0 Å². The summed E-state index contributed by atoms with van der Waals surface area (Å²) < 4.78 is 0. The third-order valence-electron chi connectivity index (χ3n) is 32.7. The monoisotopic (exact) mass is 1540 g/mol. The van der Waals surface area contributed by atoms with Crippen LogP contribution in [0.3, 0.4) is 0 Å². The van der Waals surface area contributed by atoms with Gasteiger partial charge in [-0.1, -0.05) is 227 Å². The molecule has 4 fully saturated rings. The zero-order valence-corrected chi connectivity index (χ0v) is 72.0. The Balaban J connectivity index is 0.000000125. The van der Waals surface area contributed by atoms with Gasteiger partial charge in [-0.25, -0.2) is 0 Å². The average molecular weight is 1540 g/mol. The first-order chi connectivity index (χ1) is 54.0. The summed E-state index contributed by atoms with van der Waals surface area (Å²) in [5.74, 6) is 4.62. The summed E-state index contributed by atoms with van der Waals surface area (Å²) in [4.78, 5) is 0. The van der Waals surface area contributed by atoms with E-state index in [-0.39, 0.29) is 67.7 Å². The van der Waals surface area contributed by atoms with Gasteiger partial charge in [0.05, 0.1) is 24.4 Å². The molecule has 113 heavy (non-hydrogen) atoms. The van der Waals surface area contributed by atoms with E-state index in [0.29, 0.717) is 23.0 Å². The molecule has 8 nitrogen and oxygen atoms in total. The second kappa shape index (κ2) is 33.5. The van der Waals surface area contributed by atoms with Crippen molar-refractivity contribution in [1.82, 2.24) is 0 Å². The zero-order valence-electron chi connectivity index (χ0n) is 72.0. The molecule has 0 aliphatic heterocycles. The molecule has 5 aromatic carbocycles. The number of phenols is 4. The molecule has 0 aromatic heterocycles. The largest absolute Gasteiger partial charge is 0.508 e. The standard InChI is InChI=1S/C31H40O2.2C25H36O2.C24H34O2/c1-21(2)8-7-15-30-16-17-31(19-23-9-5-4-6-10-23)26-13-14-29(33)22(3)25(26)11-12-27(31)28(30)18-24(32)20-30;2*1-4-25-13-12-24(11-5-6-17(2)3)16-20(27)15-23(24)22(25)9-7-18-14-19(26)8-10-21(18)25;1-16(2)5-4-10-24-12-11-23(3)20-9-7-18(25)13-17(20)6-8-21(23)22(24)14-19(26)15-24/h4-6,9-10,13-14,21,24,32-33H,7-8,11-12,15-20H2,1-3H3;2*8,10,14,17,20,26-27H,4-7,9,11-13,15-16H2,1-3H3;7,9,13,16,19,25-26H,4-6,8,10-12,14-15H2,1-3H3/t24-,30-,31+;20-,24-,25+;20-,24-,25-;19-,23-,24-/m1000/s1. The van der Waals surface area contributed by atoms with Crippen molar-refractivity contribution in [3.63, 3.8) is 0 Å². The molecule has 17 rings (SSSR count). The van der Waals surface area contributed by atoms with Crippen molar-refractivity contribution in [2.24, 2.45) is 45.3 Å². The maximum atomic E-state index is 10.9. The summed E-state index contributed by atoms with van der Waals surface area (Å²) in [6, 6.07) is 33.2. The molecule has 12 aliphatic rings. The average Bonchev–Trinajstić information content (AvgIpc) is 1.70. The number of aryl methyl sites for hydroxylation is 3. The molecule has 12 aliphatic carbocycles. The molecule has 0 heterocycles. The topological polar surface area (TPSA) is 162 Å². The minimum atomic E-state index is -0.193. The Labute approximate surface area is 682 Å². The van der Waals surface area contributed by atoms with Gasteiger partial charge < -0.3 is 40.9 Å². The number of fused-ring (bicyclic) bond motifs is 16. The smallest absolute Gasteiger partial charge is 0.118 e. The maximum absolute atomic E-state index is 10.9. The maximum Gasteiger partial charge on any atom is 0.118 e. The van der Waals surface area contributed by atoms with E-state index >= 15 is 0 Å². The van der Waals surface area contributed by atoms with Crippen molar-refractivity contribution in [3.05, 3.63) is 197 Å². The lowest BCUT2D eigenvalue weighted by atomic mass is 9.52. The second-order valence-electron chi connectivity index (χ2n) is 41.1. The number of aliphatic hydroxyl groups excluding tert-OH is 4. The van der Waals surface area contributed by atoms with E-state index in [9.17, 15) is 40.9 Å². The first-order valence-electron chi connectivity index (χ1n) is 46.0. The Morgan fingerprint density at radius 3 is 1.09 bits per heavy atom. The van der Waals surface area contributed by atoms with Crippen LogP contribution in [-0.4, -0.2) is 65.3 Å². The molecule has 0 unspecified atom stereocenters. The summed E-state index contributed by atoms with van der Waals surface area (Å²) in [6.07, 6.45) is 43.3. The van der Waals surface area contributed by atoms with Crippen molar-refractivity contribution in [2.45, 2.75) is 380 Å². The quantitative estimate of drug-likeness (QED) is 0.0357. The minimum Gasteiger partial charge on any atom is -0.508 e. The molecule has 0 saturated heterocycles. The van der Waals surface area contributed by atoms with Gasteiger partial charge in [0.25, 0.3) is 0 Å². The van der Waals surface area contributed by atoms with E-state index in [1.165, 1.54) is 172 Å². The molecule has 614 valence electrons. The molecule has 0 bridgehead atoms. The van der Waals surface area contributed by atoms with Gasteiger partial charge in [-0.2, -0.15) is 0 Å². The lowest BCUT2D eigenvalue weighted by Gasteiger charge is -2.51. The number of rotatable bonds is 20. The normalized spacial score (nSPS) is 31.5. The van der Waals surface area contributed by atoms with Crippen molar-refractivity contribution in [3.8, 4) is 23.0 Å². The molecule has 0 amide bonds. The molecule has 8 heteroatoms. The van der Waals surface area contributed by atoms with E-state index in [2.05, 4.69) is 138 Å². The Morgan fingerprint density at radius 1 is 0.354 bits per heavy atom. The summed E-state index contributed by atoms with van der Waals surface area (Å²) in [5, 5.41) is 83.1. The molecule has 0 spiro atoms. The Bertz CT molecular complexity index is 4240. The predicted octanol–water partition coefficient (Wildman–Crippen LogP) is 24.9. The van der Waals surface area contributed by atoms with Gasteiger partial charge in [0.15, 0.2) is 0 Å².